The van der Waals surface area contributed by atoms with Crippen molar-refractivity contribution in [3.05, 3.63) is 174 Å². The zero-order valence-corrected chi connectivity index (χ0v) is 26.8. The Labute approximate surface area is 269 Å². The zero-order valence-electron chi connectivity index (χ0n) is 25.8. The minimum absolute atomic E-state index is 0.279. The van der Waals surface area contributed by atoms with Gasteiger partial charge in [-0.05, 0) is 61.8 Å². The Kier molecular flexibility index (Phi) is 10.0. The van der Waals surface area contributed by atoms with Crippen molar-refractivity contribution in [1.29, 1.82) is 0 Å². The molecule has 5 aromatic carbocycles. The predicted molar refractivity (Wildman–Crippen MR) is 194 cm³/mol. The number of aliphatic hydroxyl groups excluding tert-OH is 1. The molecule has 1 nitrogen and oxygen atoms in total. The lowest BCUT2D eigenvalue weighted by molar-refractivity contribution is 0.282. The van der Waals surface area contributed by atoms with Gasteiger partial charge >= 0.3 is 0 Å². The number of allylic oxidation sites excluding steroid dienone is 2. The van der Waals surface area contributed by atoms with Gasteiger partial charge in [-0.3, -0.25) is 0 Å². The van der Waals surface area contributed by atoms with Crippen molar-refractivity contribution in [1.82, 2.24) is 0 Å². The highest BCUT2D eigenvalue weighted by Crippen LogP contribution is 2.55. The molecule has 0 radical (unpaired) electrons. The van der Waals surface area contributed by atoms with Crippen LogP contribution in [0.3, 0.4) is 0 Å². The monoisotopic (exact) mass is 600 g/mol. The molecule has 2 heteroatoms. The molecule has 1 aliphatic heterocycles. The van der Waals surface area contributed by atoms with E-state index in [0.717, 1.165) is 38.5 Å². The maximum absolute atomic E-state index is 9.18. The van der Waals surface area contributed by atoms with Crippen molar-refractivity contribution in [2.45, 2.75) is 38.5 Å². The maximum Gasteiger partial charge on any atom is 0.232 e. The van der Waals surface area contributed by atoms with Crippen LogP contribution in [-0.4, -0.2) is 19.8 Å². The number of aliphatic hydroxyl groups is 1. The Balaban J connectivity index is 1.70. The number of rotatable bonds is 11. The van der Waals surface area contributed by atoms with Crippen LogP contribution in [0.5, 0.6) is 0 Å². The van der Waals surface area contributed by atoms with Gasteiger partial charge in [0, 0.05) is 13.0 Å². The summed E-state index contributed by atoms with van der Waals surface area (Å²) < 4.78 is 0. The average molecular weight is 601 g/mol. The molecule has 0 saturated carbocycles. The van der Waals surface area contributed by atoms with E-state index in [1.807, 2.05) is 0 Å². The first-order valence-corrected chi connectivity index (χ1v) is 18.2. The van der Waals surface area contributed by atoms with Crippen LogP contribution in [0.1, 0.15) is 60.8 Å². The molecule has 1 heterocycles. The van der Waals surface area contributed by atoms with E-state index in [2.05, 4.69) is 163 Å². The van der Waals surface area contributed by atoms with Gasteiger partial charge < -0.3 is 5.11 Å². The first kappa shape index (κ1) is 30.3. The normalized spacial score (nSPS) is 13.9. The van der Waals surface area contributed by atoms with E-state index in [1.165, 1.54) is 49.0 Å². The highest BCUT2D eigenvalue weighted by atomic mass is 28.3. The largest absolute Gasteiger partial charge is 0.396 e. The quantitative estimate of drug-likeness (QED) is 0.0909. The molecule has 0 aliphatic carbocycles. The first-order valence-electron chi connectivity index (χ1n) is 16.2. The van der Waals surface area contributed by atoms with Crippen LogP contribution in [0.2, 0.25) is 0 Å². The molecule has 0 atom stereocenters. The standard InChI is InChI=1S/C43H40OSi/c44-33-21-4-2-1-3-5-22-34-45(39-31-19-10-20-32-39)42(37-27-15-8-16-28-37)40(35-23-11-6-12-24-35)41(36-25-13-7-14-26-36)43(45)38-29-17-9-18-30-38/h6-20,23-32,44H,1-5,21,33H2. The van der Waals surface area contributed by atoms with Crippen LogP contribution in [0.4, 0.5) is 0 Å². The predicted octanol–water partition coefficient (Wildman–Crippen LogP) is 9.53. The van der Waals surface area contributed by atoms with Gasteiger partial charge in [-0.2, -0.15) is 0 Å². The average Bonchev–Trinajstić information content (AvgIpc) is 3.43. The minimum Gasteiger partial charge on any atom is -0.396 e. The Hall–Kier alpha value is -4.68. The van der Waals surface area contributed by atoms with Crippen LogP contribution in [-0.2, 0) is 0 Å². The summed E-state index contributed by atoms with van der Waals surface area (Å²) in [5.41, 5.74) is 11.7. The summed E-state index contributed by atoms with van der Waals surface area (Å²) in [5, 5.41) is 13.2. The highest BCUT2D eigenvalue weighted by Gasteiger charge is 2.51. The highest BCUT2D eigenvalue weighted by molar-refractivity contribution is 7.26. The molecule has 0 spiro atoms. The number of hydrogen-bond acceptors (Lipinski definition) is 1. The lowest BCUT2D eigenvalue weighted by Gasteiger charge is -2.30. The molecule has 0 amide bonds. The minimum atomic E-state index is -2.96. The summed E-state index contributed by atoms with van der Waals surface area (Å²) in [6.07, 6.45) is 6.19. The molecule has 0 bridgehead atoms. The Morgan fingerprint density at radius 2 is 0.800 bits per heavy atom. The van der Waals surface area contributed by atoms with Gasteiger partial charge in [-0.15, -0.1) is 11.5 Å². The first-order chi connectivity index (χ1) is 22.3. The van der Waals surface area contributed by atoms with Gasteiger partial charge in [0.05, 0.1) is 0 Å². The topological polar surface area (TPSA) is 20.2 Å². The van der Waals surface area contributed by atoms with Crippen molar-refractivity contribution in [2.24, 2.45) is 0 Å². The van der Waals surface area contributed by atoms with E-state index >= 15 is 0 Å². The van der Waals surface area contributed by atoms with Crippen LogP contribution in [0.15, 0.2) is 152 Å². The molecule has 222 valence electrons. The van der Waals surface area contributed by atoms with Crippen LogP contribution >= 0.6 is 0 Å². The van der Waals surface area contributed by atoms with Gasteiger partial charge in [0.2, 0.25) is 8.07 Å². The second-order valence-corrected chi connectivity index (χ2v) is 15.0. The third-order valence-corrected chi connectivity index (χ3v) is 13.0. The molecule has 45 heavy (non-hydrogen) atoms. The van der Waals surface area contributed by atoms with Gasteiger partial charge in [0.25, 0.3) is 0 Å². The van der Waals surface area contributed by atoms with Gasteiger partial charge in [0.1, 0.15) is 0 Å². The van der Waals surface area contributed by atoms with E-state index < -0.39 is 8.07 Å². The summed E-state index contributed by atoms with van der Waals surface area (Å²) >= 11 is 0. The van der Waals surface area contributed by atoms with Crippen molar-refractivity contribution in [3.8, 4) is 11.5 Å². The van der Waals surface area contributed by atoms with E-state index in [1.54, 1.807) is 0 Å². The Bertz CT molecular complexity index is 1700. The van der Waals surface area contributed by atoms with Crippen LogP contribution in [0.25, 0.3) is 21.5 Å². The van der Waals surface area contributed by atoms with Gasteiger partial charge in [0.15, 0.2) is 0 Å². The smallest absolute Gasteiger partial charge is 0.232 e. The van der Waals surface area contributed by atoms with Crippen LogP contribution < -0.4 is 5.19 Å². The Morgan fingerprint density at radius 3 is 1.24 bits per heavy atom. The fourth-order valence-electron chi connectivity index (χ4n) is 6.69. The molecule has 1 aliphatic rings. The molecule has 5 aromatic rings. The maximum atomic E-state index is 9.18. The summed E-state index contributed by atoms with van der Waals surface area (Å²) in [6, 6.07) is 55.0. The van der Waals surface area contributed by atoms with E-state index in [4.69, 9.17) is 0 Å². The summed E-state index contributed by atoms with van der Waals surface area (Å²) in [7, 11) is -2.96. The summed E-state index contributed by atoms with van der Waals surface area (Å²) in [4.78, 5) is 0. The van der Waals surface area contributed by atoms with E-state index in [0.29, 0.717) is 0 Å². The Morgan fingerprint density at radius 1 is 0.422 bits per heavy atom. The van der Waals surface area contributed by atoms with Crippen molar-refractivity contribution in [3.63, 3.8) is 0 Å². The van der Waals surface area contributed by atoms with E-state index in [-0.39, 0.29) is 6.61 Å². The van der Waals surface area contributed by atoms with Gasteiger partial charge in [-0.25, -0.2) is 0 Å². The SMILES string of the molecule is OCCCCCCCC#C[Si]1(c2ccccc2)C(c2ccccc2)=C(c2ccccc2)C(c2ccccc2)=C1c1ccccc1. The van der Waals surface area contributed by atoms with Crippen molar-refractivity contribution in [2.75, 3.05) is 6.61 Å². The van der Waals surface area contributed by atoms with Crippen LogP contribution in [0, 0.1) is 11.5 Å². The lowest BCUT2D eigenvalue weighted by Crippen LogP contribution is -2.49. The molecule has 1 N–H and O–H groups in total. The fourth-order valence-corrected chi connectivity index (χ4v) is 11.5. The third kappa shape index (κ3) is 6.42. The lowest BCUT2D eigenvalue weighted by atomic mass is 9.89. The third-order valence-electron chi connectivity index (χ3n) is 8.69. The van der Waals surface area contributed by atoms with Crippen molar-refractivity contribution >= 4 is 34.8 Å². The molecule has 0 unspecified atom stereocenters. The molecule has 0 aromatic heterocycles. The molecular weight excluding hydrogens is 561 g/mol. The summed E-state index contributed by atoms with van der Waals surface area (Å²) in [5.74, 6) is 3.80. The van der Waals surface area contributed by atoms with Crippen molar-refractivity contribution < 1.29 is 5.11 Å². The molecular formula is C43H40OSi. The fraction of sp³-hybridized carbons (Fsp3) is 0.163. The molecule has 0 fully saturated rings. The number of benzene rings is 5. The zero-order chi connectivity index (χ0) is 30.7. The van der Waals surface area contributed by atoms with Gasteiger partial charge in [-0.1, -0.05) is 171 Å². The molecule has 0 saturated heterocycles. The molecule has 6 rings (SSSR count). The second kappa shape index (κ2) is 14.9. The van der Waals surface area contributed by atoms with E-state index in [9.17, 15) is 5.11 Å². The second-order valence-electron chi connectivity index (χ2n) is 11.6. The number of hydrogen-bond donors (Lipinski definition) is 1. The summed E-state index contributed by atoms with van der Waals surface area (Å²) in [6.45, 7) is 0.279. The number of unbranched alkanes of at least 4 members (excludes halogenated alkanes) is 5.